The lowest BCUT2D eigenvalue weighted by Crippen LogP contribution is -2.12. The summed E-state index contributed by atoms with van der Waals surface area (Å²) in [5, 5.41) is 0. The van der Waals surface area contributed by atoms with Crippen molar-refractivity contribution in [2.45, 2.75) is 25.8 Å². The molecule has 0 heterocycles. The van der Waals surface area contributed by atoms with E-state index in [1.807, 2.05) is 6.07 Å². The van der Waals surface area contributed by atoms with E-state index in [1.54, 1.807) is 13.0 Å². The molecule has 0 amide bonds. The van der Waals surface area contributed by atoms with E-state index in [0.29, 0.717) is 11.5 Å². The summed E-state index contributed by atoms with van der Waals surface area (Å²) < 4.78 is 12.9. The monoisotopic (exact) mass is 215 g/mol. The number of nitrogens with two attached hydrogens (primary N) is 1. The van der Waals surface area contributed by atoms with Crippen LogP contribution in [-0.2, 0) is 0 Å². The quantitative estimate of drug-likeness (QED) is 0.807. The molecule has 1 unspecified atom stereocenters. The smallest absolute Gasteiger partial charge is 0.126 e. The minimum Gasteiger partial charge on any atom is -0.324 e. The zero-order valence-corrected chi connectivity index (χ0v) is 8.98. The molecule has 0 radical (unpaired) electrons. The van der Waals surface area contributed by atoms with Gasteiger partial charge in [-0.15, -0.1) is 12.4 Å². The maximum absolute atomic E-state index is 12.9. The molecule has 14 heavy (non-hydrogen) atoms. The Labute approximate surface area is 89.9 Å². The molecule has 1 aliphatic carbocycles. The molecule has 2 N–H and O–H groups in total. The summed E-state index contributed by atoms with van der Waals surface area (Å²) in [5.74, 6) is 0.483. The summed E-state index contributed by atoms with van der Waals surface area (Å²) in [4.78, 5) is 0. The zero-order valence-electron chi connectivity index (χ0n) is 8.16. The minimum atomic E-state index is -0.147. The second-order valence-corrected chi connectivity index (χ2v) is 3.87. The third kappa shape index (κ3) is 2.25. The lowest BCUT2D eigenvalue weighted by molar-refractivity contribution is 0.605. The van der Waals surface area contributed by atoms with E-state index in [2.05, 4.69) is 0 Å². The van der Waals surface area contributed by atoms with Crippen LogP contribution in [0.5, 0.6) is 0 Å². The second-order valence-electron chi connectivity index (χ2n) is 3.87. The van der Waals surface area contributed by atoms with Crippen LogP contribution in [0.2, 0.25) is 0 Å². The van der Waals surface area contributed by atoms with Crippen molar-refractivity contribution in [2.75, 3.05) is 0 Å². The van der Waals surface area contributed by atoms with Crippen LogP contribution < -0.4 is 5.73 Å². The topological polar surface area (TPSA) is 26.0 Å². The number of hydrogen-bond acceptors (Lipinski definition) is 1. The van der Waals surface area contributed by atoms with Crippen LogP contribution in [0.1, 0.15) is 30.0 Å². The molecule has 1 saturated carbocycles. The molecule has 0 bridgehead atoms. The third-order valence-corrected chi connectivity index (χ3v) is 2.70. The van der Waals surface area contributed by atoms with E-state index in [1.165, 1.54) is 18.9 Å². The van der Waals surface area contributed by atoms with E-state index < -0.39 is 0 Å². The van der Waals surface area contributed by atoms with Crippen LogP contribution in [0.4, 0.5) is 4.39 Å². The van der Waals surface area contributed by atoms with Crippen LogP contribution in [0.15, 0.2) is 18.2 Å². The Balaban J connectivity index is 0.000000980. The highest BCUT2D eigenvalue weighted by Crippen LogP contribution is 2.39. The van der Waals surface area contributed by atoms with Gasteiger partial charge in [-0.2, -0.15) is 0 Å². The molecule has 1 atom stereocenters. The van der Waals surface area contributed by atoms with Crippen molar-refractivity contribution in [3.05, 3.63) is 35.1 Å². The highest BCUT2D eigenvalue weighted by molar-refractivity contribution is 5.85. The van der Waals surface area contributed by atoms with Crippen molar-refractivity contribution in [1.29, 1.82) is 0 Å². The van der Waals surface area contributed by atoms with Crippen LogP contribution in [-0.4, -0.2) is 0 Å². The first kappa shape index (κ1) is 11.5. The molecule has 3 heteroatoms. The number of benzene rings is 1. The van der Waals surface area contributed by atoms with Crippen LogP contribution >= 0.6 is 12.4 Å². The first-order chi connectivity index (χ1) is 6.18. The summed E-state index contributed by atoms with van der Waals surface area (Å²) in [5.41, 5.74) is 7.76. The first-order valence-corrected chi connectivity index (χ1v) is 4.70. The van der Waals surface area contributed by atoms with Crippen molar-refractivity contribution in [1.82, 2.24) is 0 Å². The van der Waals surface area contributed by atoms with Crippen LogP contribution in [0, 0.1) is 18.7 Å². The second kappa shape index (κ2) is 4.28. The fourth-order valence-electron chi connectivity index (χ4n) is 1.60. The van der Waals surface area contributed by atoms with Crippen molar-refractivity contribution >= 4 is 12.4 Å². The summed E-state index contributed by atoms with van der Waals surface area (Å²) in [6.45, 7) is 1.78. The Morgan fingerprint density at radius 2 is 2.07 bits per heavy atom. The Kier molecular flexibility index (Phi) is 3.51. The van der Waals surface area contributed by atoms with Gasteiger partial charge in [-0.1, -0.05) is 12.1 Å². The fraction of sp³-hybridized carbons (Fsp3) is 0.455. The zero-order chi connectivity index (χ0) is 9.42. The maximum Gasteiger partial charge on any atom is 0.126 e. The SMILES string of the molecule is Cc1cc(C(N)C2CC2)ccc1F.Cl. The van der Waals surface area contributed by atoms with E-state index in [4.69, 9.17) is 5.73 Å². The van der Waals surface area contributed by atoms with Crippen LogP contribution in [0.3, 0.4) is 0 Å². The highest BCUT2D eigenvalue weighted by atomic mass is 35.5. The van der Waals surface area contributed by atoms with E-state index >= 15 is 0 Å². The van der Waals surface area contributed by atoms with Crippen molar-refractivity contribution in [3.63, 3.8) is 0 Å². The average Bonchev–Trinajstić information content (AvgIpc) is 2.91. The molecule has 0 spiro atoms. The van der Waals surface area contributed by atoms with Gasteiger partial charge in [0.05, 0.1) is 0 Å². The Bertz CT molecular complexity index is 323. The lowest BCUT2D eigenvalue weighted by atomic mass is 10.0. The normalized spacial score (nSPS) is 17.4. The van der Waals surface area contributed by atoms with Gasteiger partial charge in [0.15, 0.2) is 0 Å². The molecule has 0 aliphatic heterocycles. The van der Waals surface area contributed by atoms with E-state index in [0.717, 1.165) is 5.56 Å². The fourth-order valence-corrected chi connectivity index (χ4v) is 1.60. The summed E-state index contributed by atoms with van der Waals surface area (Å²) in [6.07, 6.45) is 2.44. The van der Waals surface area contributed by atoms with Crippen molar-refractivity contribution < 1.29 is 4.39 Å². The molecule has 0 saturated heterocycles. The minimum absolute atomic E-state index is 0. The standard InChI is InChI=1S/C11H14FN.ClH/c1-7-6-9(4-5-10(7)12)11(13)8-2-3-8;/h4-6,8,11H,2-3,13H2,1H3;1H. The molecule has 1 aromatic rings. The molecule has 1 nitrogen and oxygen atoms in total. The van der Waals surface area contributed by atoms with Gasteiger partial charge in [0, 0.05) is 6.04 Å². The van der Waals surface area contributed by atoms with Gasteiger partial charge in [-0.3, -0.25) is 0 Å². The van der Waals surface area contributed by atoms with Gasteiger partial charge in [0.2, 0.25) is 0 Å². The van der Waals surface area contributed by atoms with Crippen molar-refractivity contribution in [2.24, 2.45) is 11.7 Å². The Morgan fingerprint density at radius 3 is 2.57 bits per heavy atom. The summed E-state index contributed by atoms with van der Waals surface area (Å²) in [6, 6.07) is 5.27. The van der Waals surface area contributed by atoms with Gasteiger partial charge in [0.25, 0.3) is 0 Å². The van der Waals surface area contributed by atoms with Gasteiger partial charge < -0.3 is 5.73 Å². The van der Waals surface area contributed by atoms with Gasteiger partial charge >= 0.3 is 0 Å². The van der Waals surface area contributed by atoms with Gasteiger partial charge in [0.1, 0.15) is 5.82 Å². The van der Waals surface area contributed by atoms with Crippen molar-refractivity contribution in [3.8, 4) is 0 Å². The number of halogens is 2. The number of hydrogen-bond donors (Lipinski definition) is 1. The molecule has 2 rings (SSSR count). The third-order valence-electron chi connectivity index (χ3n) is 2.70. The van der Waals surface area contributed by atoms with E-state index in [-0.39, 0.29) is 24.3 Å². The summed E-state index contributed by atoms with van der Waals surface area (Å²) in [7, 11) is 0. The van der Waals surface area contributed by atoms with Crippen LogP contribution in [0.25, 0.3) is 0 Å². The van der Waals surface area contributed by atoms with E-state index in [9.17, 15) is 4.39 Å². The molecule has 0 aromatic heterocycles. The predicted octanol–water partition coefficient (Wildman–Crippen LogP) is 2.97. The summed E-state index contributed by atoms with van der Waals surface area (Å²) >= 11 is 0. The molecule has 1 aromatic carbocycles. The molecular formula is C11H15ClFN. The molecule has 1 aliphatic rings. The largest absolute Gasteiger partial charge is 0.324 e. The highest BCUT2D eigenvalue weighted by Gasteiger charge is 2.29. The Morgan fingerprint density at radius 1 is 1.43 bits per heavy atom. The number of rotatable bonds is 2. The first-order valence-electron chi connectivity index (χ1n) is 4.70. The average molecular weight is 216 g/mol. The predicted molar refractivity (Wildman–Crippen MR) is 58.0 cm³/mol. The van der Waals surface area contributed by atoms with Gasteiger partial charge in [-0.25, -0.2) is 4.39 Å². The number of aryl methyl sites for hydroxylation is 1. The molecular weight excluding hydrogens is 201 g/mol. The lowest BCUT2D eigenvalue weighted by Gasteiger charge is -2.11. The maximum atomic E-state index is 12.9. The molecule has 78 valence electrons. The van der Waals surface area contributed by atoms with Gasteiger partial charge in [-0.05, 0) is 42.9 Å². The Hall–Kier alpha value is -0.600. The molecule has 1 fully saturated rings.